The highest BCUT2D eigenvalue weighted by molar-refractivity contribution is 9.10. The fourth-order valence-corrected chi connectivity index (χ4v) is 1.71. The number of nitrogens with zero attached hydrogens (tertiary/aromatic N) is 2. The molecule has 0 aliphatic rings. The van der Waals surface area contributed by atoms with E-state index in [1.54, 1.807) is 6.20 Å². The van der Waals surface area contributed by atoms with E-state index >= 15 is 0 Å². The first-order chi connectivity index (χ1) is 9.10. The topological polar surface area (TPSA) is 49.8 Å². The standard InChI is InChI=1S/C12H11BrF2N4/c1-2-16-12-17-6-8(13)11(19-12)18-10-4-3-7(14)5-9(10)15/h3-6H,2H2,1H3,(H2,16,17,18,19). The van der Waals surface area contributed by atoms with Crippen LogP contribution in [0.5, 0.6) is 0 Å². The molecule has 0 aliphatic heterocycles. The lowest BCUT2D eigenvalue weighted by molar-refractivity contribution is 0.586. The molecule has 1 heterocycles. The highest BCUT2D eigenvalue weighted by atomic mass is 79.9. The lowest BCUT2D eigenvalue weighted by Crippen LogP contribution is -2.05. The van der Waals surface area contributed by atoms with Gasteiger partial charge in [0.2, 0.25) is 5.95 Å². The van der Waals surface area contributed by atoms with Crippen molar-refractivity contribution in [3.05, 3.63) is 40.5 Å². The van der Waals surface area contributed by atoms with Gasteiger partial charge in [-0.05, 0) is 35.0 Å². The van der Waals surface area contributed by atoms with Crippen LogP contribution < -0.4 is 10.6 Å². The number of hydrogen-bond donors (Lipinski definition) is 2. The molecule has 1 aromatic carbocycles. The maximum absolute atomic E-state index is 13.5. The van der Waals surface area contributed by atoms with E-state index in [4.69, 9.17) is 0 Å². The van der Waals surface area contributed by atoms with Crippen molar-refractivity contribution in [3.63, 3.8) is 0 Å². The van der Waals surface area contributed by atoms with Gasteiger partial charge in [-0.3, -0.25) is 0 Å². The zero-order valence-corrected chi connectivity index (χ0v) is 11.6. The van der Waals surface area contributed by atoms with E-state index < -0.39 is 11.6 Å². The van der Waals surface area contributed by atoms with Crippen LogP contribution in [0.25, 0.3) is 0 Å². The molecule has 2 N–H and O–H groups in total. The minimum Gasteiger partial charge on any atom is -0.354 e. The summed E-state index contributed by atoms with van der Waals surface area (Å²) < 4.78 is 26.9. The number of anilines is 3. The van der Waals surface area contributed by atoms with E-state index in [0.717, 1.165) is 6.07 Å². The largest absolute Gasteiger partial charge is 0.354 e. The highest BCUT2D eigenvalue weighted by Crippen LogP contribution is 2.25. The molecular formula is C12H11BrF2N4. The van der Waals surface area contributed by atoms with Gasteiger partial charge < -0.3 is 10.6 Å². The second-order valence-corrected chi connectivity index (χ2v) is 4.52. The molecule has 4 nitrogen and oxygen atoms in total. The summed E-state index contributed by atoms with van der Waals surface area (Å²) in [6.07, 6.45) is 1.55. The molecule has 100 valence electrons. The van der Waals surface area contributed by atoms with Gasteiger partial charge in [-0.2, -0.15) is 4.98 Å². The fourth-order valence-electron chi connectivity index (χ4n) is 1.42. The number of halogens is 3. The molecule has 0 spiro atoms. The summed E-state index contributed by atoms with van der Waals surface area (Å²) in [5.74, 6) is -0.485. The van der Waals surface area contributed by atoms with Crippen LogP contribution in [0.2, 0.25) is 0 Å². The number of benzene rings is 1. The summed E-state index contributed by atoms with van der Waals surface area (Å²) >= 11 is 3.27. The molecule has 0 saturated heterocycles. The Kier molecular flexibility index (Phi) is 4.26. The van der Waals surface area contributed by atoms with Crippen molar-refractivity contribution in [3.8, 4) is 0 Å². The number of aromatic nitrogens is 2. The maximum atomic E-state index is 13.5. The highest BCUT2D eigenvalue weighted by Gasteiger charge is 2.09. The van der Waals surface area contributed by atoms with Crippen molar-refractivity contribution >= 4 is 33.4 Å². The third-order valence-corrected chi connectivity index (χ3v) is 2.84. The number of rotatable bonds is 4. The van der Waals surface area contributed by atoms with Crippen LogP contribution in [0.4, 0.5) is 26.2 Å². The Balaban J connectivity index is 2.29. The molecule has 0 aliphatic carbocycles. The van der Waals surface area contributed by atoms with Crippen molar-refractivity contribution in [1.29, 1.82) is 0 Å². The summed E-state index contributed by atoms with van der Waals surface area (Å²) in [6, 6.07) is 3.29. The van der Waals surface area contributed by atoms with Crippen molar-refractivity contribution in [2.45, 2.75) is 6.92 Å². The van der Waals surface area contributed by atoms with Gasteiger partial charge in [0, 0.05) is 18.8 Å². The lowest BCUT2D eigenvalue weighted by atomic mass is 10.3. The first-order valence-corrected chi connectivity index (χ1v) is 6.38. The van der Waals surface area contributed by atoms with Gasteiger partial charge in [0.15, 0.2) is 0 Å². The summed E-state index contributed by atoms with van der Waals surface area (Å²) in [5, 5.41) is 5.73. The average molecular weight is 329 g/mol. The first-order valence-electron chi connectivity index (χ1n) is 5.58. The van der Waals surface area contributed by atoms with E-state index in [1.165, 1.54) is 12.1 Å². The molecule has 0 amide bonds. The summed E-state index contributed by atoms with van der Waals surface area (Å²) in [6.45, 7) is 2.59. The molecule has 7 heteroatoms. The lowest BCUT2D eigenvalue weighted by Gasteiger charge is -2.10. The Bertz CT molecular complexity index is 592. The molecule has 0 radical (unpaired) electrons. The third-order valence-electron chi connectivity index (χ3n) is 2.26. The molecule has 1 aromatic heterocycles. The van der Waals surface area contributed by atoms with E-state index in [-0.39, 0.29) is 5.69 Å². The first kappa shape index (κ1) is 13.7. The summed E-state index contributed by atoms with van der Waals surface area (Å²) in [7, 11) is 0. The van der Waals surface area contributed by atoms with E-state index in [9.17, 15) is 8.78 Å². The smallest absolute Gasteiger partial charge is 0.224 e. The van der Waals surface area contributed by atoms with Crippen LogP contribution in [0.1, 0.15) is 6.92 Å². The van der Waals surface area contributed by atoms with Crippen LogP contribution in [0, 0.1) is 11.6 Å². The van der Waals surface area contributed by atoms with Gasteiger partial charge in [-0.15, -0.1) is 0 Å². The summed E-state index contributed by atoms with van der Waals surface area (Å²) in [4.78, 5) is 8.22. The molecule has 0 fully saturated rings. The molecule has 2 aromatic rings. The molecular weight excluding hydrogens is 318 g/mol. The molecule has 2 rings (SSSR count). The Morgan fingerprint density at radius 3 is 2.79 bits per heavy atom. The zero-order chi connectivity index (χ0) is 13.8. The van der Waals surface area contributed by atoms with Crippen molar-refractivity contribution in [1.82, 2.24) is 9.97 Å². The van der Waals surface area contributed by atoms with Gasteiger partial charge >= 0.3 is 0 Å². The Morgan fingerprint density at radius 1 is 1.32 bits per heavy atom. The Labute approximate surface area is 117 Å². The predicted octanol–water partition coefficient (Wildman–Crippen LogP) is 3.69. The Hall–Kier alpha value is -1.76. The van der Waals surface area contributed by atoms with Gasteiger partial charge in [0.25, 0.3) is 0 Å². The van der Waals surface area contributed by atoms with Crippen LogP contribution in [-0.2, 0) is 0 Å². The fraction of sp³-hybridized carbons (Fsp3) is 0.167. The number of hydrogen-bond acceptors (Lipinski definition) is 4. The van der Waals surface area contributed by atoms with Crippen LogP contribution in [-0.4, -0.2) is 16.5 Å². The average Bonchev–Trinajstić information content (AvgIpc) is 2.37. The van der Waals surface area contributed by atoms with E-state index in [1.807, 2.05) is 6.92 Å². The SMILES string of the molecule is CCNc1ncc(Br)c(Nc2ccc(F)cc2F)n1. The zero-order valence-electron chi connectivity index (χ0n) is 10.0. The molecule has 19 heavy (non-hydrogen) atoms. The molecule has 0 unspecified atom stereocenters. The molecule has 0 saturated carbocycles. The van der Waals surface area contributed by atoms with Gasteiger partial charge in [-0.25, -0.2) is 13.8 Å². The molecule has 0 atom stereocenters. The Morgan fingerprint density at radius 2 is 2.11 bits per heavy atom. The minimum absolute atomic E-state index is 0.142. The van der Waals surface area contributed by atoms with Crippen molar-refractivity contribution < 1.29 is 8.78 Å². The maximum Gasteiger partial charge on any atom is 0.224 e. The second kappa shape index (κ2) is 5.92. The van der Waals surface area contributed by atoms with Crippen LogP contribution in [0.3, 0.4) is 0 Å². The van der Waals surface area contributed by atoms with E-state index in [0.29, 0.717) is 22.8 Å². The predicted molar refractivity (Wildman–Crippen MR) is 73.5 cm³/mol. The van der Waals surface area contributed by atoms with E-state index in [2.05, 4.69) is 36.5 Å². The normalized spacial score (nSPS) is 10.3. The quantitative estimate of drug-likeness (QED) is 0.898. The van der Waals surface area contributed by atoms with Gasteiger partial charge in [0.1, 0.15) is 17.5 Å². The number of nitrogens with one attached hydrogen (secondary N) is 2. The van der Waals surface area contributed by atoms with Crippen molar-refractivity contribution in [2.75, 3.05) is 17.2 Å². The van der Waals surface area contributed by atoms with Crippen molar-refractivity contribution in [2.24, 2.45) is 0 Å². The summed E-state index contributed by atoms with van der Waals surface area (Å²) in [5.41, 5.74) is 0.142. The van der Waals surface area contributed by atoms with Gasteiger partial charge in [-0.1, -0.05) is 0 Å². The third kappa shape index (κ3) is 3.37. The monoisotopic (exact) mass is 328 g/mol. The second-order valence-electron chi connectivity index (χ2n) is 3.67. The minimum atomic E-state index is -0.685. The van der Waals surface area contributed by atoms with Crippen LogP contribution in [0.15, 0.2) is 28.9 Å². The molecule has 0 bridgehead atoms. The van der Waals surface area contributed by atoms with Gasteiger partial charge in [0.05, 0.1) is 10.2 Å². The van der Waals surface area contributed by atoms with Crippen LogP contribution >= 0.6 is 15.9 Å².